The first-order valence-corrected chi connectivity index (χ1v) is 9.08. The van der Waals surface area contributed by atoms with Gasteiger partial charge < -0.3 is 10.2 Å². The number of aliphatic hydroxyl groups excluding tert-OH is 1. The van der Waals surface area contributed by atoms with Gasteiger partial charge in [-0.15, -0.1) is 0 Å². The second kappa shape index (κ2) is 4.57. The molecule has 0 spiro atoms. The highest BCUT2D eigenvalue weighted by molar-refractivity contribution is 5.26. The fourth-order valence-corrected chi connectivity index (χ4v) is 6.78. The Labute approximate surface area is 132 Å². The van der Waals surface area contributed by atoms with Crippen molar-refractivity contribution < 1.29 is 14.6 Å². The van der Waals surface area contributed by atoms with E-state index in [-0.39, 0.29) is 23.7 Å². The summed E-state index contributed by atoms with van der Waals surface area (Å²) in [5.41, 5.74) is 0.860. The number of allylic oxidation sites excluding steroid dienone is 2. The number of halogens is 1. The maximum absolute atomic E-state index is 14.7. The van der Waals surface area contributed by atoms with Crippen molar-refractivity contribution in [3.05, 3.63) is 11.6 Å². The number of alkyl halides is 1. The van der Waals surface area contributed by atoms with Crippen molar-refractivity contribution in [1.82, 2.24) is 0 Å². The minimum Gasteiger partial charge on any atom is -0.393 e. The summed E-state index contributed by atoms with van der Waals surface area (Å²) in [6.07, 6.45) is 9.10. The van der Waals surface area contributed by atoms with Crippen LogP contribution in [0, 0.1) is 28.6 Å². The van der Waals surface area contributed by atoms with E-state index in [1.807, 2.05) is 6.92 Å². The predicted octanol–water partition coefficient (Wildman–Crippen LogP) is 3.97. The van der Waals surface area contributed by atoms with Crippen LogP contribution in [0.25, 0.3) is 0 Å². The lowest BCUT2D eigenvalue weighted by molar-refractivity contribution is -0.219. The molecule has 4 aliphatic rings. The fraction of sp³-hybridized carbons (Fsp3) is 0.895. The molecule has 0 aromatic carbocycles. The van der Waals surface area contributed by atoms with Crippen molar-refractivity contribution >= 4 is 0 Å². The molecule has 0 aromatic rings. The standard InChI is InChI=1S/C19H29FO2/c1-17-9-4-3-5-12(17)6-7-13-14-8-10-19(20,22)18(14,2)11-15(21)16(13)17/h6,13-16,21-22H,3-5,7-11H2,1-2H3/t13-,14-,15?,16-,17-,18-,19?/m0/s1. The quantitative estimate of drug-likeness (QED) is 0.665. The van der Waals surface area contributed by atoms with Gasteiger partial charge in [0.25, 0.3) is 0 Å². The summed E-state index contributed by atoms with van der Waals surface area (Å²) in [5.74, 6) is -1.33. The van der Waals surface area contributed by atoms with Gasteiger partial charge in [-0.05, 0) is 61.7 Å². The monoisotopic (exact) mass is 308 g/mol. The van der Waals surface area contributed by atoms with E-state index >= 15 is 0 Å². The maximum Gasteiger partial charge on any atom is 0.212 e. The van der Waals surface area contributed by atoms with Gasteiger partial charge in [0.2, 0.25) is 5.85 Å². The largest absolute Gasteiger partial charge is 0.393 e. The number of hydrogen-bond donors (Lipinski definition) is 2. The zero-order valence-corrected chi connectivity index (χ0v) is 13.8. The van der Waals surface area contributed by atoms with E-state index in [0.717, 1.165) is 19.3 Å². The van der Waals surface area contributed by atoms with Gasteiger partial charge >= 0.3 is 0 Å². The first-order valence-electron chi connectivity index (χ1n) is 9.08. The summed E-state index contributed by atoms with van der Waals surface area (Å²) in [7, 11) is 0. The molecule has 7 atom stereocenters. The van der Waals surface area contributed by atoms with E-state index in [0.29, 0.717) is 12.3 Å². The van der Waals surface area contributed by atoms with E-state index in [1.165, 1.54) is 24.8 Å². The highest BCUT2D eigenvalue weighted by atomic mass is 19.2. The molecule has 3 fully saturated rings. The van der Waals surface area contributed by atoms with Crippen LogP contribution in [0.1, 0.15) is 65.2 Å². The molecule has 2 unspecified atom stereocenters. The Morgan fingerprint density at radius 2 is 2.00 bits per heavy atom. The van der Waals surface area contributed by atoms with E-state index in [9.17, 15) is 14.6 Å². The molecule has 0 saturated heterocycles. The predicted molar refractivity (Wildman–Crippen MR) is 83.8 cm³/mol. The third-order valence-corrected chi connectivity index (χ3v) is 8.00. The summed E-state index contributed by atoms with van der Waals surface area (Å²) in [4.78, 5) is 0. The number of fused-ring (bicyclic) bond motifs is 5. The lowest BCUT2D eigenvalue weighted by Gasteiger charge is -2.59. The Hall–Kier alpha value is -0.410. The zero-order valence-electron chi connectivity index (χ0n) is 13.8. The second-order valence-corrected chi connectivity index (χ2v) is 8.87. The molecule has 22 heavy (non-hydrogen) atoms. The van der Waals surface area contributed by atoms with Crippen molar-refractivity contribution in [1.29, 1.82) is 0 Å². The molecule has 3 saturated carbocycles. The van der Waals surface area contributed by atoms with Gasteiger partial charge in [-0.25, -0.2) is 4.39 Å². The summed E-state index contributed by atoms with van der Waals surface area (Å²) in [6, 6.07) is 0. The topological polar surface area (TPSA) is 40.5 Å². The SMILES string of the molecule is C[C@]12CCCCC1=CC[C@@H]1[C@H]2C(O)C[C@@]2(C)[C@H]1CCC2(O)F. The molecule has 0 radical (unpaired) electrons. The first-order chi connectivity index (χ1) is 10.3. The molecule has 4 aliphatic carbocycles. The smallest absolute Gasteiger partial charge is 0.212 e. The summed E-state index contributed by atoms with van der Waals surface area (Å²) in [5, 5.41) is 21.2. The zero-order chi connectivity index (χ0) is 15.8. The van der Waals surface area contributed by atoms with E-state index in [4.69, 9.17) is 0 Å². The second-order valence-electron chi connectivity index (χ2n) is 8.87. The van der Waals surface area contributed by atoms with Gasteiger partial charge in [0.05, 0.1) is 6.10 Å². The van der Waals surface area contributed by atoms with Crippen molar-refractivity contribution in [2.75, 3.05) is 0 Å². The van der Waals surface area contributed by atoms with E-state index in [1.54, 1.807) is 0 Å². The van der Waals surface area contributed by atoms with Gasteiger partial charge in [0.15, 0.2) is 0 Å². The third-order valence-electron chi connectivity index (χ3n) is 8.00. The van der Waals surface area contributed by atoms with Gasteiger partial charge in [-0.2, -0.15) is 0 Å². The normalized spacial score (nSPS) is 57.6. The van der Waals surface area contributed by atoms with Crippen molar-refractivity contribution in [2.45, 2.75) is 77.2 Å². The Balaban J connectivity index is 1.76. The average molecular weight is 308 g/mol. The van der Waals surface area contributed by atoms with Crippen LogP contribution in [0.4, 0.5) is 4.39 Å². The molecular weight excluding hydrogens is 279 g/mol. The van der Waals surface area contributed by atoms with Crippen molar-refractivity contribution in [3.8, 4) is 0 Å². The summed E-state index contributed by atoms with van der Waals surface area (Å²) >= 11 is 0. The fourth-order valence-electron chi connectivity index (χ4n) is 6.78. The Bertz CT molecular complexity index is 514. The van der Waals surface area contributed by atoms with E-state index < -0.39 is 17.4 Å². The third kappa shape index (κ3) is 1.73. The molecule has 124 valence electrons. The molecule has 2 nitrogen and oxygen atoms in total. The number of hydrogen-bond acceptors (Lipinski definition) is 2. The summed E-state index contributed by atoms with van der Waals surface area (Å²) in [6.45, 7) is 4.20. The Morgan fingerprint density at radius 3 is 2.77 bits per heavy atom. The minimum absolute atomic E-state index is 0.0962. The lowest BCUT2D eigenvalue weighted by atomic mass is 9.47. The van der Waals surface area contributed by atoms with Gasteiger partial charge in [-0.3, -0.25) is 0 Å². The molecule has 0 aromatic heterocycles. The lowest BCUT2D eigenvalue weighted by Crippen LogP contribution is -2.58. The van der Waals surface area contributed by atoms with Crippen LogP contribution < -0.4 is 0 Å². The van der Waals surface area contributed by atoms with Gasteiger partial charge in [0.1, 0.15) is 0 Å². The van der Waals surface area contributed by atoms with Crippen molar-refractivity contribution in [2.24, 2.45) is 28.6 Å². The van der Waals surface area contributed by atoms with Gasteiger partial charge in [0, 0.05) is 11.8 Å². The van der Waals surface area contributed by atoms with Crippen LogP contribution >= 0.6 is 0 Å². The van der Waals surface area contributed by atoms with Crippen LogP contribution in [-0.4, -0.2) is 22.2 Å². The molecule has 0 amide bonds. The van der Waals surface area contributed by atoms with Crippen molar-refractivity contribution in [3.63, 3.8) is 0 Å². The summed E-state index contributed by atoms with van der Waals surface area (Å²) < 4.78 is 14.7. The molecule has 2 N–H and O–H groups in total. The molecule has 3 heteroatoms. The number of aliphatic hydroxyl groups is 2. The minimum atomic E-state index is -2.11. The van der Waals surface area contributed by atoms with Crippen LogP contribution in [-0.2, 0) is 0 Å². The highest BCUT2D eigenvalue weighted by Gasteiger charge is 2.66. The average Bonchev–Trinajstić information content (AvgIpc) is 2.68. The first kappa shape index (κ1) is 15.1. The molecular formula is C19H29FO2. The Morgan fingerprint density at radius 1 is 1.23 bits per heavy atom. The molecule has 0 heterocycles. The van der Waals surface area contributed by atoms with Crippen LogP contribution in [0.15, 0.2) is 11.6 Å². The maximum atomic E-state index is 14.7. The number of rotatable bonds is 0. The van der Waals surface area contributed by atoms with Crippen LogP contribution in [0.5, 0.6) is 0 Å². The van der Waals surface area contributed by atoms with Gasteiger partial charge in [-0.1, -0.05) is 31.9 Å². The van der Waals surface area contributed by atoms with E-state index in [2.05, 4.69) is 13.0 Å². The van der Waals surface area contributed by atoms with Crippen LogP contribution in [0.3, 0.4) is 0 Å². The molecule has 0 aliphatic heterocycles. The molecule has 0 bridgehead atoms. The molecule has 4 rings (SSSR count). The highest BCUT2D eigenvalue weighted by Crippen LogP contribution is 2.67. The Kier molecular flexibility index (Phi) is 3.14. The van der Waals surface area contributed by atoms with Crippen LogP contribution in [0.2, 0.25) is 0 Å².